The van der Waals surface area contributed by atoms with Gasteiger partial charge in [-0.05, 0) is 29.8 Å². The molecule has 3 rings (SSSR count). The van der Waals surface area contributed by atoms with Crippen molar-refractivity contribution in [3.63, 3.8) is 0 Å². The zero-order chi connectivity index (χ0) is 20.1. The number of anilines is 1. The Bertz CT molecular complexity index is 964. The van der Waals surface area contributed by atoms with Crippen molar-refractivity contribution >= 4 is 5.82 Å². The van der Waals surface area contributed by atoms with Gasteiger partial charge in [-0.3, -0.25) is 4.98 Å². The van der Waals surface area contributed by atoms with Gasteiger partial charge < -0.3 is 14.8 Å². The molecule has 3 aromatic rings. The first kappa shape index (κ1) is 19.4. The van der Waals surface area contributed by atoms with E-state index in [4.69, 9.17) is 9.47 Å². The fraction of sp³-hybridized carbons (Fsp3) is 0.211. The highest BCUT2D eigenvalue weighted by Crippen LogP contribution is 2.31. The van der Waals surface area contributed by atoms with E-state index in [-0.39, 0.29) is 11.4 Å². The Labute approximate surface area is 159 Å². The molecule has 0 fully saturated rings. The highest BCUT2D eigenvalue weighted by atomic mass is 19.4. The molecule has 0 unspecified atom stereocenters. The van der Waals surface area contributed by atoms with E-state index in [1.807, 2.05) is 12.1 Å². The molecule has 0 bridgehead atoms. The van der Waals surface area contributed by atoms with Crippen LogP contribution < -0.4 is 14.8 Å². The fourth-order valence-electron chi connectivity index (χ4n) is 2.50. The first-order chi connectivity index (χ1) is 13.4. The number of benzene rings is 1. The number of hydrogen-bond donors (Lipinski definition) is 1. The lowest BCUT2D eigenvalue weighted by molar-refractivity contribution is -0.137. The second-order valence-electron chi connectivity index (χ2n) is 5.77. The van der Waals surface area contributed by atoms with Crippen molar-refractivity contribution in [1.29, 1.82) is 0 Å². The van der Waals surface area contributed by atoms with Gasteiger partial charge in [0.1, 0.15) is 5.82 Å². The van der Waals surface area contributed by atoms with Crippen LogP contribution in [0.25, 0.3) is 11.4 Å². The van der Waals surface area contributed by atoms with E-state index in [2.05, 4.69) is 20.3 Å². The number of rotatable bonds is 6. The summed E-state index contributed by atoms with van der Waals surface area (Å²) >= 11 is 0. The average molecular weight is 390 g/mol. The highest BCUT2D eigenvalue weighted by Gasteiger charge is 2.31. The van der Waals surface area contributed by atoms with Crippen LogP contribution in [0.15, 0.2) is 48.9 Å². The Hall–Kier alpha value is -3.36. The molecule has 0 aliphatic carbocycles. The summed E-state index contributed by atoms with van der Waals surface area (Å²) in [5.74, 6) is 1.83. The normalized spacial score (nSPS) is 11.2. The van der Waals surface area contributed by atoms with Crippen LogP contribution >= 0.6 is 0 Å². The van der Waals surface area contributed by atoms with Crippen molar-refractivity contribution in [2.24, 2.45) is 0 Å². The summed E-state index contributed by atoms with van der Waals surface area (Å²) in [6.45, 7) is 0.428. The molecule has 0 saturated carbocycles. The van der Waals surface area contributed by atoms with Gasteiger partial charge in [-0.2, -0.15) is 13.2 Å². The minimum Gasteiger partial charge on any atom is -0.493 e. The van der Waals surface area contributed by atoms with Crippen LogP contribution in [-0.4, -0.2) is 29.2 Å². The predicted octanol–water partition coefficient (Wildman–Crippen LogP) is 4.19. The molecule has 6 nitrogen and oxygen atoms in total. The molecule has 2 heterocycles. The smallest absolute Gasteiger partial charge is 0.417 e. The van der Waals surface area contributed by atoms with Gasteiger partial charge in [0.25, 0.3) is 0 Å². The maximum atomic E-state index is 12.9. The number of nitrogens with one attached hydrogen (secondary N) is 1. The Morgan fingerprint density at radius 1 is 1.00 bits per heavy atom. The molecule has 0 atom stereocenters. The Morgan fingerprint density at radius 2 is 1.79 bits per heavy atom. The molecule has 0 radical (unpaired) electrons. The number of ether oxygens (including phenoxy) is 2. The molecule has 0 aliphatic heterocycles. The third-order valence-corrected chi connectivity index (χ3v) is 3.90. The monoisotopic (exact) mass is 390 g/mol. The molecule has 28 heavy (non-hydrogen) atoms. The SMILES string of the molecule is COc1ccc(CNc2ccnc(-c3cncc(C(F)(F)F)c3)n2)cc1OC. The van der Waals surface area contributed by atoms with Crippen molar-refractivity contribution in [3.8, 4) is 22.9 Å². The minimum atomic E-state index is -4.48. The van der Waals surface area contributed by atoms with Crippen molar-refractivity contribution in [1.82, 2.24) is 15.0 Å². The molecule has 0 aliphatic rings. The highest BCUT2D eigenvalue weighted by molar-refractivity contribution is 5.57. The molecule has 0 saturated heterocycles. The van der Waals surface area contributed by atoms with Gasteiger partial charge in [0.2, 0.25) is 0 Å². The number of hydrogen-bond acceptors (Lipinski definition) is 6. The van der Waals surface area contributed by atoms with Crippen LogP contribution in [0.3, 0.4) is 0 Å². The summed E-state index contributed by atoms with van der Waals surface area (Å²) in [4.78, 5) is 12.0. The number of aromatic nitrogens is 3. The molecular weight excluding hydrogens is 373 g/mol. The van der Waals surface area contributed by atoms with Gasteiger partial charge in [-0.1, -0.05) is 6.07 Å². The van der Waals surface area contributed by atoms with Gasteiger partial charge in [0, 0.05) is 30.7 Å². The second-order valence-corrected chi connectivity index (χ2v) is 5.77. The van der Waals surface area contributed by atoms with Crippen LogP contribution in [-0.2, 0) is 12.7 Å². The number of methoxy groups -OCH3 is 2. The van der Waals surface area contributed by atoms with Crippen LogP contribution in [0.1, 0.15) is 11.1 Å². The second kappa shape index (κ2) is 8.12. The Balaban J connectivity index is 1.77. The number of halogens is 3. The number of pyridine rings is 1. The summed E-state index contributed by atoms with van der Waals surface area (Å²) in [7, 11) is 3.11. The van der Waals surface area contributed by atoms with Gasteiger partial charge in [-0.15, -0.1) is 0 Å². The third kappa shape index (κ3) is 4.48. The molecule has 1 aromatic carbocycles. The van der Waals surface area contributed by atoms with Crippen molar-refractivity contribution in [2.75, 3.05) is 19.5 Å². The minimum absolute atomic E-state index is 0.149. The van der Waals surface area contributed by atoms with E-state index in [1.165, 1.54) is 12.4 Å². The van der Waals surface area contributed by atoms with E-state index in [0.29, 0.717) is 23.9 Å². The van der Waals surface area contributed by atoms with Crippen LogP contribution in [0.4, 0.5) is 19.0 Å². The van der Waals surface area contributed by atoms with Gasteiger partial charge >= 0.3 is 6.18 Å². The molecular formula is C19H17F3N4O2. The molecule has 146 valence electrons. The topological polar surface area (TPSA) is 69.2 Å². The van der Waals surface area contributed by atoms with E-state index >= 15 is 0 Å². The number of alkyl halides is 3. The van der Waals surface area contributed by atoms with Crippen molar-refractivity contribution < 1.29 is 22.6 Å². The molecule has 1 N–H and O–H groups in total. The van der Waals surface area contributed by atoms with E-state index < -0.39 is 11.7 Å². The van der Waals surface area contributed by atoms with Crippen LogP contribution in [0.2, 0.25) is 0 Å². The van der Waals surface area contributed by atoms with Gasteiger partial charge in [-0.25, -0.2) is 9.97 Å². The third-order valence-electron chi connectivity index (χ3n) is 3.90. The molecule has 0 spiro atoms. The lowest BCUT2D eigenvalue weighted by atomic mass is 10.2. The molecule has 0 amide bonds. The largest absolute Gasteiger partial charge is 0.493 e. The van der Waals surface area contributed by atoms with Crippen molar-refractivity contribution in [2.45, 2.75) is 12.7 Å². The average Bonchev–Trinajstić information content (AvgIpc) is 2.71. The zero-order valence-corrected chi connectivity index (χ0v) is 15.1. The number of nitrogens with zero attached hydrogens (tertiary/aromatic N) is 3. The lowest BCUT2D eigenvalue weighted by Gasteiger charge is -2.11. The van der Waals surface area contributed by atoms with Gasteiger partial charge in [0.05, 0.1) is 19.8 Å². The first-order valence-corrected chi connectivity index (χ1v) is 8.21. The summed E-state index contributed by atoms with van der Waals surface area (Å²) in [6.07, 6.45) is -0.947. The summed E-state index contributed by atoms with van der Waals surface area (Å²) in [5, 5.41) is 3.11. The Kier molecular flexibility index (Phi) is 5.62. The summed E-state index contributed by atoms with van der Waals surface area (Å²) < 4.78 is 49.1. The fourth-order valence-corrected chi connectivity index (χ4v) is 2.50. The zero-order valence-electron chi connectivity index (χ0n) is 15.1. The van der Waals surface area contributed by atoms with Gasteiger partial charge in [0.15, 0.2) is 17.3 Å². The maximum absolute atomic E-state index is 12.9. The predicted molar refractivity (Wildman–Crippen MR) is 97.1 cm³/mol. The summed E-state index contributed by atoms with van der Waals surface area (Å²) in [6, 6.07) is 8.08. The van der Waals surface area contributed by atoms with E-state index in [1.54, 1.807) is 26.4 Å². The Morgan fingerprint density at radius 3 is 2.50 bits per heavy atom. The molecule has 2 aromatic heterocycles. The molecule has 9 heteroatoms. The van der Waals surface area contributed by atoms with Crippen LogP contribution in [0, 0.1) is 0 Å². The lowest BCUT2D eigenvalue weighted by Crippen LogP contribution is -2.06. The van der Waals surface area contributed by atoms with Crippen LogP contribution in [0.5, 0.6) is 11.5 Å². The van der Waals surface area contributed by atoms with E-state index in [9.17, 15) is 13.2 Å². The maximum Gasteiger partial charge on any atom is 0.417 e. The van der Waals surface area contributed by atoms with E-state index in [0.717, 1.165) is 17.8 Å². The quantitative estimate of drug-likeness (QED) is 0.681. The first-order valence-electron chi connectivity index (χ1n) is 8.21. The standard InChI is InChI=1S/C19H17F3N4O2/c1-27-15-4-3-12(7-16(15)28-2)9-25-17-5-6-24-18(26-17)13-8-14(11-23-10-13)19(20,21)22/h3-8,10-11H,9H2,1-2H3,(H,24,25,26). The van der Waals surface area contributed by atoms with Crippen molar-refractivity contribution in [3.05, 3.63) is 60.0 Å². The summed E-state index contributed by atoms with van der Waals surface area (Å²) in [5.41, 5.74) is 0.250.